The number of nitrogens with zero attached hydrogens (tertiary/aromatic N) is 1. The number of rotatable bonds is 4. The van der Waals surface area contributed by atoms with Gasteiger partial charge in [0.05, 0.1) is 11.3 Å². The quantitative estimate of drug-likeness (QED) is 0.499. The lowest BCUT2D eigenvalue weighted by Gasteiger charge is -2.25. The Morgan fingerprint density at radius 2 is 1.93 bits per heavy atom. The lowest BCUT2D eigenvalue weighted by molar-refractivity contribution is -0.115. The fourth-order valence-corrected chi connectivity index (χ4v) is 4.93. The molecule has 1 heterocycles. The molecule has 30 heavy (non-hydrogen) atoms. The number of hydrogen-bond donors (Lipinski definition) is 1. The number of anilines is 2. The van der Waals surface area contributed by atoms with Crippen molar-refractivity contribution in [2.75, 3.05) is 16.0 Å². The maximum atomic E-state index is 14.1. The summed E-state index contributed by atoms with van der Waals surface area (Å²) in [6.07, 6.45) is 0. The van der Waals surface area contributed by atoms with E-state index in [2.05, 4.69) is 21.2 Å². The number of hydrogen-bond acceptors (Lipinski definition) is 3. The van der Waals surface area contributed by atoms with E-state index in [1.54, 1.807) is 42.2 Å². The molecule has 0 bridgehead atoms. The Bertz CT molecular complexity index is 1140. The van der Waals surface area contributed by atoms with Gasteiger partial charge in [0.15, 0.2) is 0 Å². The number of aryl methyl sites for hydroxylation is 1. The summed E-state index contributed by atoms with van der Waals surface area (Å²) in [5, 5.41) is 2.61. The van der Waals surface area contributed by atoms with Crippen molar-refractivity contribution in [1.82, 2.24) is 0 Å². The van der Waals surface area contributed by atoms with E-state index < -0.39 is 0 Å². The maximum absolute atomic E-state index is 14.1. The SMILES string of the molecule is Cc1ccc(N2C(=O)CS[C@H]2c2cccc(NC(=O)c3ccccc3Br)c2)cc1F. The summed E-state index contributed by atoms with van der Waals surface area (Å²) in [7, 11) is 0. The van der Waals surface area contributed by atoms with Crippen LogP contribution in [-0.2, 0) is 4.79 Å². The average Bonchev–Trinajstić information content (AvgIpc) is 3.12. The van der Waals surface area contributed by atoms with Gasteiger partial charge in [0.1, 0.15) is 11.2 Å². The van der Waals surface area contributed by atoms with Crippen LogP contribution in [0.1, 0.15) is 26.9 Å². The molecule has 1 fully saturated rings. The van der Waals surface area contributed by atoms with Gasteiger partial charge in [-0.1, -0.05) is 30.3 Å². The molecule has 0 aromatic heterocycles. The van der Waals surface area contributed by atoms with Crippen LogP contribution in [0.15, 0.2) is 71.2 Å². The van der Waals surface area contributed by atoms with Crippen molar-refractivity contribution in [1.29, 1.82) is 0 Å². The van der Waals surface area contributed by atoms with Crippen molar-refractivity contribution in [2.24, 2.45) is 0 Å². The molecule has 2 amide bonds. The summed E-state index contributed by atoms with van der Waals surface area (Å²) in [5.74, 6) is -0.332. The van der Waals surface area contributed by atoms with Gasteiger partial charge in [-0.2, -0.15) is 0 Å². The predicted molar refractivity (Wildman–Crippen MR) is 122 cm³/mol. The number of thioether (sulfide) groups is 1. The van der Waals surface area contributed by atoms with Gasteiger partial charge in [-0.05, 0) is 70.4 Å². The number of carbonyl (C=O) groups is 2. The van der Waals surface area contributed by atoms with Gasteiger partial charge in [-0.25, -0.2) is 4.39 Å². The minimum absolute atomic E-state index is 0.0732. The topological polar surface area (TPSA) is 49.4 Å². The molecule has 3 aromatic rings. The van der Waals surface area contributed by atoms with Crippen LogP contribution < -0.4 is 10.2 Å². The summed E-state index contributed by atoms with van der Waals surface area (Å²) in [5.41, 5.74) is 3.08. The molecule has 3 aromatic carbocycles. The van der Waals surface area contributed by atoms with Crippen LogP contribution in [0.25, 0.3) is 0 Å². The third kappa shape index (κ3) is 4.13. The number of carbonyl (C=O) groups excluding carboxylic acids is 2. The molecule has 4 nitrogen and oxygen atoms in total. The molecule has 0 aliphatic carbocycles. The second-order valence-electron chi connectivity index (χ2n) is 6.92. The summed E-state index contributed by atoms with van der Waals surface area (Å²) in [6, 6.07) is 19.4. The minimum Gasteiger partial charge on any atom is -0.322 e. The van der Waals surface area contributed by atoms with E-state index in [0.717, 1.165) is 5.56 Å². The number of amides is 2. The molecule has 0 radical (unpaired) electrons. The Hall–Kier alpha value is -2.64. The molecule has 1 saturated heterocycles. The van der Waals surface area contributed by atoms with Gasteiger partial charge in [-0.15, -0.1) is 11.8 Å². The first-order valence-electron chi connectivity index (χ1n) is 9.29. The molecule has 1 atom stereocenters. The van der Waals surface area contributed by atoms with E-state index in [4.69, 9.17) is 0 Å². The Kier molecular flexibility index (Phi) is 5.92. The Balaban J connectivity index is 1.61. The fourth-order valence-electron chi connectivity index (χ4n) is 3.30. The predicted octanol–water partition coefficient (Wildman–Crippen LogP) is 5.93. The molecule has 0 unspecified atom stereocenters. The third-order valence-electron chi connectivity index (χ3n) is 4.85. The van der Waals surface area contributed by atoms with Crippen molar-refractivity contribution < 1.29 is 14.0 Å². The van der Waals surface area contributed by atoms with Crippen LogP contribution >= 0.6 is 27.7 Å². The largest absolute Gasteiger partial charge is 0.322 e. The number of benzene rings is 3. The van der Waals surface area contributed by atoms with Crippen molar-refractivity contribution in [3.05, 3.63) is 93.7 Å². The average molecular weight is 485 g/mol. The highest BCUT2D eigenvalue weighted by Crippen LogP contribution is 2.42. The van der Waals surface area contributed by atoms with Crippen LogP contribution in [0.3, 0.4) is 0 Å². The van der Waals surface area contributed by atoms with E-state index in [1.165, 1.54) is 17.8 Å². The van der Waals surface area contributed by atoms with Crippen molar-refractivity contribution in [3.63, 3.8) is 0 Å². The zero-order valence-corrected chi connectivity index (χ0v) is 18.5. The Morgan fingerprint density at radius 1 is 1.13 bits per heavy atom. The summed E-state index contributed by atoms with van der Waals surface area (Å²) in [6.45, 7) is 1.69. The van der Waals surface area contributed by atoms with Crippen molar-refractivity contribution >= 4 is 50.9 Å². The fraction of sp³-hybridized carbons (Fsp3) is 0.130. The number of nitrogens with one attached hydrogen (secondary N) is 1. The molecule has 0 saturated carbocycles. The first-order valence-corrected chi connectivity index (χ1v) is 11.1. The van der Waals surface area contributed by atoms with E-state index in [-0.39, 0.29) is 23.0 Å². The van der Waals surface area contributed by atoms with E-state index in [0.29, 0.717) is 32.7 Å². The second kappa shape index (κ2) is 8.62. The van der Waals surface area contributed by atoms with Crippen LogP contribution in [0, 0.1) is 12.7 Å². The lowest BCUT2D eigenvalue weighted by Crippen LogP contribution is -2.28. The first kappa shape index (κ1) is 20.6. The molecular formula is C23H18BrFN2O2S. The molecule has 1 aliphatic rings. The second-order valence-corrected chi connectivity index (χ2v) is 8.84. The van der Waals surface area contributed by atoms with Crippen LogP contribution in [0.2, 0.25) is 0 Å². The van der Waals surface area contributed by atoms with Crippen molar-refractivity contribution in [3.8, 4) is 0 Å². The molecule has 7 heteroatoms. The van der Waals surface area contributed by atoms with Gasteiger partial charge < -0.3 is 5.32 Å². The molecule has 0 spiro atoms. The van der Waals surface area contributed by atoms with Crippen LogP contribution in [-0.4, -0.2) is 17.6 Å². The van der Waals surface area contributed by atoms with Gasteiger partial charge in [-0.3, -0.25) is 14.5 Å². The van der Waals surface area contributed by atoms with Crippen LogP contribution in [0.5, 0.6) is 0 Å². The standard InChI is InChI=1S/C23H18BrFN2O2S/c1-14-9-10-17(12-20(14)25)27-21(28)13-30-23(27)15-5-4-6-16(11-15)26-22(29)18-7-2-3-8-19(18)24/h2-12,23H,13H2,1H3,(H,26,29)/t23-/m0/s1. The van der Waals surface area contributed by atoms with Crippen molar-refractivity contribution in [2.45, 2.75) is 12.3 Å². The summed E-state index contributed by atoms with van der Waals surface area (Å²) < 4.78 is 14.8. The molecule has 152 valence electrons. The molecule has 1 aliphatic heterocycles. The highest BCUT2D eigenvalue weighted by atomic mass is 79.9. The van der Waals surface area contributed by atoms with Crippen LogP contribution in [0.4, 0.5) is 15.8 Å². The Labute approximate surface area is 186 Å². The molecule has 4 rings (SSSR count). The lowest BCUT2D eigenvalue weighted by atomic mass is 10.1. The van der Waals surface area contributed by atoms with Gasteiger partial charge in [0, 0.05) is 15.8 Å². The molecule has 1 N–H and O–H groups in total. The highest BCUT2D eigenvalue weighted by molar-refractivity contribution is 9.10. The van der Waals surface area contributed by atoms with Gasteiger partial charge in [0.25, 0.3) is 5.91 Å². The third-order valence-corrected chi connectivity index (χ3v) is 6.75. The maximum Gasteiger partial charge on any atom is 0.256 e. The minimum atomic E-state index is -0.342. The highest BCUT2D eigenvalue weighted by Gasteiger charge is 2.34. The summed E-state index contributed by atoms with van der Waals surface area (Å²) >= 11 is 4.87. The smallest absolute Gasteiger partial charge is 0.256 e. The van der Waals surface area contributed by atoms with E-state index >= 15 is 0 Å². The molecular weight excluding hydrogens is 467 g/mol. The van der Waals surface area contributed by atoms with E-state index in [1.807, 2.05) is 30.3 Å². The summed E-state index contributed by atoms with van der Waals surface area (Å²) in [4.78, 5) is 26.8. The first-order chi connectivity index (χ1) is 14.4. The normalized spacial score (nSPS) is 16.0. The Morgan fingerprint density at radius 3 is 2.70 bits per heavy atom. The zero-order chi connectivity index (χ0) is 21.3. The van der Waals surface area contributed by atoms with Gasteiger partial charge >= 0.3 is 0 Å². The number of halogens is 2. The van der Waals surface area contributed by atoms with E-state index in [9.17, 15) is 14.0 Å². The van der Waals surface area contributed by atoms with Gasteiger partial charge in [0.2, 0.25) is 5.91 Å². The monoisotopic (exact) mass is 484 g/mol. The zero-order valence-electron chi connectivity index (χ0n) is 16.1.